The number of amides is 2. The maximum absolute atomic E-state index is 13.0. The predicted molar refractivity (Wildman–Crippen MR) is 138 cm³/mol. The van der Waals surface area contributed by atoms with Crippen LogP contribution in [-0.2, 0) is 6.18 Å². The van der Waals surface area contributed by atoms with E-state index in [0.29, 0.717) is 11.3 Å². The fraction of sp³-hybridized carbons (Fsp3) is 0.0741. The SMILES string of the molecule is Cc1ccc(NC(=O)Nc2cccc(C(F)(F)F)c2)cc1Nc1cc(-c2cccnc2)nc2[nH]ccc12. The lowest BCUT2D eigenvalue weighted by Crippen LogP contribution is -2.20. The van der Waals surface area contributed by atoms with Gasteiger partial charge in [-0.3, -0.25) is 4.98 Å². The Hall–Kier alpha value is -4.86. The maximum Gasteiger partial charge on any atom is 0.416 e. The first-order valence-corrected chi connectivity index (χ1v) is 11.3. The third-order valence-electron chi connectivity index (χ3n) is 5.70. The molecule has 0 unspecified atom stereocenters. The number of urea groups is 1. The number of nitrogens with one attached hydrogen (secondary N) is 4. The van der Waals surface area contributed by atoms with Gasteiger partial charge in [-0.15, -0.1) is 0 Å². The number of rotatable bonds is 5. The maximum atomic E-state index is 13.0. The number of halogens is 3. The Morgan fingerprint density at radius 3 is 2.49 bits per heavy atom. The number of fused-ring (bicyclic) bond motifs is 1. The van der Waals surface area contributed by atoms with Crippen LogP contribution in [0.25, 0.3) is 22.3 Å². The summed E-state index contributed by atoms with van der Waals surface area (Å²) in [6.07, 6.45) is 0.736. The molecule has 0 saturated carbocycles. The van der Waals surface area contributed by atoms with Gasteiger partial charge in [0.2, 0.25) is 0 Å². The molecule has 2 amide bonds. The molecule has 186 valence electrons. The Kier molecular flexibility index (Phi) is 6.22. The van der Waals surface area contributed by atoms with Crippen LogP contribution in [0.2, 0.25) is 0 Å². The van der Waals surface area contributed by atoms with Crippen molar-refractivity contribution in [2.45, 2.75) is 13.1 Å². The van der Waals surface area contributed by atoms with Crippen LogP contribution in [0.4, 0.5) is 40.7 Å². The predicted octanol–water partition coefficient (Wildman–Crippen LogP) is 7.34. The zero-order valence-electron chi connectivity index (χ0n) is 19.5. The lowest BCUT2D eigenvalue weighted by molar-refractivity contribution is -0.137. The van der Waals surface area contributed by atoms with E-state index in [0.717, 1.165) is 45.7 Å². The summed E-state index contributed by atoms with van der Waals surface area (Å²) >= 11 is 0. The average Bonchev–Trinajstić information content (AvgIpc) is 3.35. The average molecular weight is 503 g/mol. The van der Waals surface area contributed by atoms with E-state index in [2.05, 4.69) is 30.9 Å². The van der Waals surface area contributed by atoms with E-state index in [4.69, 9.17) is 0 Å². The summed E-state index contributed by atoms with van der Waals surface area (Å²) in [5.74, 6) is 0. The molecule has 7 nitrogen and oxygen atoms in total. The van der Waals surface area contributed by atoms with Gasteiger partial charge in [0.25, 0.3) is 0 Å². The van der Waals surface area contributed by atoms with E-state index in [1.807, 2.05) is 37.3 Å². The number of H-pyrrole nitrogens is 1. The first kappa shape index (κ1) is 23.9. The second-order valence-electron chi connectivity index (χ2n) is 8.35. The topological polar surface area (TPSA) is 94.7 Å². The molecule has 0 fully saturated rings. The molecule has 5 rings (SSSR count). The number of aromatic nitrogens is 3. The van der Waals surface area contributed by atoms with Crippen LogP contribution in [0.1, 0.15) is 11.1 Å². The van der Waals surface area contributed by atoms with Crippen molar-refractivity contribution >= 4 is 39.8 Å². The van der Waals surface area contributed by atoms with Gasteiger partial charge in [0.15, 0.2) is 0 Å². The monoisotopic (exact) mass is 502 g/mol. The van der Waals surface area contributed by atoms with Gasteiger partial charge in [-0.1, -0.05) is 12.1 Å². The highest BCUT2D eigenvalue weighted by Gasteiger charge is 2.30. The van der Waals surface area contributed by atoms with E-state index in [1.54, 1.807) is 30.7 Å². The number of pyridine rings is 2. The number of aromatic amines is 1. The fourth-order valence-corrected chi connectivity index (χ4v) is 3.85. The molecule has 3 aromatic heterocycles. The smallest absolute Gasteiger partial charge is 0.355 e. The van der Waals surface area contributed by atoms with Crippen LogP contribution in [0, 0.1) is 6.92 Å². The number of anilines is 4. The molecule has 4 N–H and O–H groups in total. The standard InChI is InChI=1S/C27H21F3N6O/c1-16-7-8-20(34-26(37)33-19-6-2-5-18(12-19)27(28,29)30)13-22(16)35-24-14-23(17-4-3-10-31-15-17)36-25-21(24)9-11-32-25/h2-15H,1H3,(H2,32,35,36)(H2,33,34,37). The largest absolute Gasteiger partial charge is 0.416 e. The first-order valence-electron chi connectivity index (χ1n) is 11.3. The van der Waals surface area contributed by atoms with E-state index < -0.39 is 17.8 Å². The quantitative estimate of drug-likeness (QED) is 0.202. The van der Waals surface area contributed by atoms with E-state index >= 15 is 0 Å². The van der Waals surface area contributed by atoms with Gasteiger partial charge >= 0.3 is 12.2 Å². The molecule has 0 aliphatic rings. The van der Waals surface area contributed by atoms with Crippen molar-refractivity contribution in [2.75, 3.05) is 16.0 Å². The van der Waals surface area contributed by atoms with Crippen LogP contribution in [-0.4, -0.2) is 21.0 Å². The summed E-state index contributed by atoms with van der Waals surface area (Å²) < 4.78 is 38.9. The summed E-state index contributed by atoms with van der Waals surface area (Å²) in [6, 6.07) is 16.7. The Morgan fingerprint density at radius 1 is 0.919 bits per heavy atom. The number of carbonyl (C=O) groups is 1. The van der Waals surface area contributed by atoms with Crippen molar-refractivity contribution in [1.82, 2.24) is 15.0 Å². The van der Waals surface area contributed by atoms with Crippen molar-refractivity contribution in [3.63, 3.8) is 0 Å². The van der Waals surface area contributed by atoms with Crippen LogP contribution >= 0.6 is 0 Å². The van der Waals surface area contributed by atoms with Crippen LogP contribution in [0.3, 0.4) is 0 Å². The van der Waals surface area contributed by atoms with Crippen molar-refractivity contribution in [3.05, 3.63) is 96.4 Å². The number of alkyl halides is 3. The van der Waals surface area contributed by atoms with E-state index in [-0.39, 0.29) is 5.69 Å². The van der Waals surface area contributed by atoms with Gasteiger partial charge in [-0.25, -0.2) is 9.78 Å². The lowest BCUT2D eigenvalue weighted by Gasteiger charge is -2.15. The number of carbonyl (C=O) groups excluding carboxylic acids is 1. The molecule has 0 radical (unpaired) electrons. The Balaban J connectivity index is 1.38. The molecule has 2 aromatic carbocycles. The fourth-order valence-electron chi connectivity index (χ4n) is 3.85. The van der Waals surface area contributed by atoms with Crippen LogP contribution < -0.4 is 16.0 Å². The summed E-state index contributed by atoms with van der Waals surface area (Å²) in [4.78, 5) is 24.5. The Bertz CT molecular complexity index is 1580. The zero-order valence-corrected chi connectivity index (χ0v) is 19.5. The minimum Gasteiger partial charge on any atom is -0.355 e. The lowest BCUT2D eigenvalue weighted by atomic mass is 10.1. The highest BCUT2D eigenvalue weighted by molar-refractivity contribution is 6.00. The molecule has 10 heteroatoms. The van der Waals surface area contributed by atoms with Crippen molar-refractivity contribution in [2.24, 2.45) is 0 Å². The number of hydrogen-bond donors (Lipinski definition) is 4. The Labute approximate surface area is 209 Å². The number of benzene rings is 2. The second kappa shape index (κ2) is 9.65. The molecule has 0 spiro atoms. The molecular formula is C27H21F3N6O. The summed E-state index contributed by atoms with van der Waals surface area (Å²) in [5, 5.41) is 9.42. The van der Waals surface area contributed by atoms with Gasteiger partial charge in [-0.2, -0.15) is 13.2 Å². The van der Waals surface area contributed by atoms with E-state index in [1.165, 1.54) is 12.1 Å². The number of hydrogen-bond acceptors (Lipinski definition) is 4. The minimum absolute atomic E-state index is 0.0346. The minimum atomic E-state index is -4.50. The summed E-state index contributed by atoms with van der Waals surface area (Å²) in [7, 11) is 0. The van der Waals surface area contributed by atoms with Crippen LogP contribution in [0.5, 0.6) is 0 Å². The molecular weight excluding hydrogens is 481 g/mol. The highest BCUT2D eigenvalue weighted by atomic mass is 19.4. The highest BCUT2D eigenvalue weighted by Crippen LogP contribution is 2.33. The van der Waals surface area contributed by atoms with Gasteiger partial charge in [-0.05, 0) is 67.1 Å². The molecule has 0 bridgehead atoms. The molecule has 0 aliphatic carbocycles. The van der Waals surface area contributed by atoms with Gasteiger partial charge in [0.05, 0.1) is 16.9 Å². The summed E-state index contributed by atoms with van der Waals surface area (Å²) in [6.45, 7) is 1.92. The summed E-state index contributed by atoms with van der Waals surface area (Å²) in [5.41, 5.74) is 4.42. The second-order valence-corrected chi connectivity index (χ2v) is 8.35. The van der Waals surface area contributed by atoms with Gasteiger partial charge in [0, 0.05) is 46.6 Å². The molecule has 0 aliphatic heterocycles. The zero-order chi connectivity index (χ0) is 26.0. The molecule has 5 aromatic rings. The molecule has 37 heavy (non-hydrogen) atoms. The van der Waals surface area contributed by atoms with Crippen LogP contribution in [0.15, 0.2) is 85.3 Å². The number of aryl methyl sites for hydroxylation is 1. The van der Waals surface area contributed by atoms with Crippen molar-refractivity contribution < 1.29 is 18.0 Å². The third-order valence-corrected chi connectivity index (χ3v) is 5.70. The van der Waals surface area contributed by atoms with Crippen molar-refractivity contribution in [3.8, 4) is 11.3 Å². The number of nitrogens with zero attached hydrogens (tertiary/aromatic N) is 2. The normalized spacial score (nSPS) is 11.4. The van der Waals surface area contributed by atoms with E-state index in [9.17, 15) is 18.0 Å². The molecule has 0 saturated heterocycles. The van der Waals surface area contributed by atoms with Crippen molar-refractivity contribution in [1.29, 1.82) is 0 Å². The van der Waals surface area contributed by atoms with Gasteiger partial charge in [0.1, 0.15) is 5.65 Å². The third kappa shape index (κ3) is 5.37. The molecule has 0 atom stereocenters. The first-order chi connectivity index (χ1) is 17.8. The Morgan fingerprint density at radius 2 is 1.73 bits per heavy atom. The van der Waals surface area contributed by atoms with Gasteiger partial charge < -0.3 is 20.9 Å². The molecule has 3 heterocycles.